The summed E-state index contributed by atoms with van der Waals surface area (Å²) in [5.74, 6) is 0.0814. The average Bonchev–Trinajstić information content (AvgIpc) is 3.00. The first-order valence-electron chi connectivity index (χ1n) is 7.29. The van der Waals surface area contributed by atoms with Crippen molar-refractivity contribution in [2.24, 2.45) is 4.99 Å². The van der Waals surface area contributed by atoms with Gasteiger partial charge in [0.25, 0.3) is 0 Å². The normalized spacial score (nSPS) is 27.1. The van der Waals surface area contributed by atoms with Crippen LogP contribution in [0.25, 0.3) is 0 Å². The fourth-order valence-electron chi connectivity index (χ4n) is 2.77. The summed E-state index contributed by atoms with van der Waals surface area (Å²) in [5.41, 5.74) is 0.947. The Morgan fingerprint density at radius 1 is 1.20 bits per heavy atom. The predicted octanol–water partition coefficient (Wildman–Crippen LogP) is 2.21. The Hall–Kier alpha value is -1.52. The third-order valence-corrected chi connectivity index (χ3v) is 3.93. The maximum atomic E-state index is 12.5. The molecule has 2 aliphatic heterocycles. The van der Waals surface area contributed by atoms with Gasteiger partial charge in [-0.3, -0.25) is 14.7 Å². The molecule has 2 aliphatic rings. The molecular formula is C16H20N2O2. The molecule has 0 aromatic heterocycles. The van der Waals surface area contributed by atoms with Crippen LogP contribution in [0.4, 0.5) is 0 Å². The van der Waals surface area contributed by atoms with E-state index in [1.165, 1.54) is 12.8 Å². The van der Waals surface area contributed by atoms with Crippen molar-refractivity contribution in [3.8, 4) is 0 Å². The predicted molar refractivity (Wildman–Crippen MR) is 77.8 cm³/mol. The molecule has 106 valence electrons. The fourth-order valence-corrected chi connectivity index (χ4v) is 2.77. The van der Waals surface area contributed by atoms with E-state index in [-0.39, 0.29) is 11.9 Å². The number of carbonyl (C=O) groups is 1. The minimum atomic E-state index is -0.395. The van der Waals surface area contributed by atoms with E-state index in [1.807, 2.05) is 36.5 Å². The van der Waals surface area contributed by atoms with Gasteiger partial charge in [0, 0.05) is 25.7 Å². The van der Waals surface area contributed by atoms with E-state index in [2.05, 4.69) is 9.89 Å². The molecule has 0 radical (unpaired) electrons. The van der Waals surface area contributed by atoms with Crippen molar-refractivity contribution in [2.75, 3.05) is 19.8 Å². The van der Waals surface area contributed by atoms with Crippen molar-refractivity contribution in [3.05, 3.63) is 35.9 Å². The van der Waals surface area contributed by atoms with E-state index in [0.717, 1.165) is 18.7 Å². The van der Waals surface area contributed by atoms with Crippen molar-refractivity contribution < 1.29 is 9.53 Å². The van der Waals surface area contributed by atoms with Gasteiger partial charge in [0.2, 0.25) is 0 Å². The lowest BCUT2D eigenvalue weighted by Gasteiger charge is -2.25. The summed E-state index contributed by atoms with van der Waals surface area (Å²) < 4.78 is 5.82. The standard InChI is InChI=1S/C16H20N2O2/c19-16-14(20-12-18-10-4-5-11-18)8-9-17-15(16)13-6-2-1-3-7-13/h1-3,6-7,9,14-15H,4-5,8,10-12H2. The van der Waals surface area contributed by atoms with Gasteiger partial charge in [0.05, 0.1) is 6.73 Å². The number of benzene rings is 1. The van der Waals surface area contributed by atoms with Crippen molar-refractivity contribution >= 4 is 12.0 Å². The topological polar surface area (TPSA) is 41.9 Å². The van der Waals surface area contributed by atoms with Crippen LogP contribution in [0.15, 0.2) is 35.3 Å². The van der Waals surface area contributed by atoms with Crippen molar-refractivity contribution in [1.29, 1.82) is 0 Å². The Bertz CT molecular complexity index is 481. The fraction of sp³-hybridized carbons (Fsp3) is 0.500. The van der Waals surface area contributed by atoms with Crippen LogP contribution in [0.1, 0.15) is 30.9 Å². The molecule has 0 bridgehead atoms. The molecule has 20 heavy (non-hydrogen) atoms. The summed E-state index contributed by atoms with van der Waals surface area (Å²) in [6, 6.07) is 9.32. The van der Waals surface area contributed by atoms with Crippen LogP contribution in [0, 0.1) is 0 Å². The van der Waals surface area contributed by atoms with E-state index in [9.17, 15) is 4.79 Å². The van der Waals surface area contributed by atoms with Crippen molar-refractivity contribution in [1.82, 2.24) is 4.90 Å². The van der Waals surface area contributed by atoms with Crippen LogP contribution in [0.3, 0.4) is 0 Å². The molecule has 0 amide bonds. The first-order chi connectivity index (χ1) is 9.84. The van der Waals surface area contributed by atoms with Gasteiger partial charge in [0.1, 0.15) is 12.1 Å². The van der Waals surface area contributed by atoms with Gasteiger partial charge in [-0.05, 0) is 18.4 Å². The van der Waals surface area contributed by atoms with E-state index in [1.54, 1.807) is 0 Å². The summed E-state index contributed by atoms with van der Waals surface area (Å²) in [5, 5.41) is 0. The minimum Gasteiger partial charge on any atom is -0.355 e. The summed E-state index contributed by atoms with van der Waals surface area (Å²) >= 11 is 0. The van der Waals surface area contributed by atoms with Gasteiger partial charge in [0.15, 0.2) is 5.78 Å². The first kappa shape index (κ1) is 13.5. The summed E-state index contributed by atoms with van der Waals surface area (Å²) in [4.78, 5) is 19.1. The Labute approximate surface area is 119 Å². The molecule has 1 fully saturated rings. The van der Waals surface area contributed by atoms with Gasteiger partial charge in [-0.25, -0.2) is 0 Å². The van der Waals surface area contributed by atoms with Gasteiger partial charge < -0.3 is 4.74 Å². The average molecular weight is 272 g/mol. The maximum Gasteiger partial charge on any atom is 0.190 e. The minimum absolute atomic E-state index is 0.0814. The summed E-state index contributed by atoms with van der Waals surface area (Å²) in [6.07, 6.45) is 4.54. The lowest BCUT2D eigenvalue weighted by atomic mass is 9.96. The first-order valence-corrected chi connectivity index (χ1v) is 7.29. The molecule has 0 aliphatic carbocycles. The number of likely N-dealkylation sites (tertiary alicyclic amines) is 1. The van der Waals surface area contributed by atoms with Gasteiger partial charge >= 0.3 is 0 Å². The highest BCUT2D eigenvalue weighted by molar-refractivity contribution is 5.94. The molecule has 0 saturated carbocycles. The molecule has 0 spiro atoms. The third-order valence-electron chi connectivity index (χ3n) is 3.93. The number of aliphatic imine (C=N–C) groups is 1. The van der Waals surface area contributed by atoms with E-state index in [4.69, 9.17) is 4.74 Å². The molecule has 2 unspecified atom stereocenters. The van der Waals surface area contributed by atoms with Gasteiger partial charge in [-0.2, -0.15) is 0 Å². The molecule has 2 heterocycles. The van der Waals surface area contributed by atoms with Crippen molar-refractivity contribution in [3.63, 3.8) is 0 Å². The SMILES string of the molecule is O=C1C(OCN2CCCC2)CC=NC1c1ccccc1. The van der Waals surface area contributed by atoms with Gasteiger partial charge in [-0.1, -0.05) is 30.3 Å². The molecule has 1 aromatic rings. The second-order valence-corrected chi connectivity index (χ2v) is 5.39. The van der Waals surface area contributed by atoms with Crippen LogP contribution >= 0.6 is 0 Å². The number of carbonyl (C=O) groups excluding carboxylic acids is 1. The third kappa shape index (κ3) is 2.97. The zero-order chi connectivity index (χ0) is 13.8. The summed E-state index contributed by atoms with van der Waals surface area (Å²) in [6.45, 7) is 2.72. The number of rotatable bonds is 4. The van der Waals surface area contributed by atoms with Crippen molar-refractivity contribution in [2.45, 2.75) is 31.4 Å². The van der Waals surface area contributed by atoms with E-state index < -0.39 is 6.04 Å². The Morgan fingerprint density at radius 2 is 1.95 bits per heavy atom. The zero-order valence-corrected chi connectivity index (χ0v) is 11.6. The smallest absolute Gasteiger partial charge is 0.190 e. The van der Waals surface area contributed by atoms with Crippen LogP contribution < -0.4 is 0 Å². The molecular weight excluding hydrogens is 252 g/mol. The lowest BCUT2D eigenvalue weighted by Crippen LogP contribution is -2.36. The molecule has 4 heteroatoms. The molecule has 0 N–H and O–H groups in total. The number of ether oxygens (including phenoxy) is 1. The zero-order valence-electron chi connectivity index (χ0n) is 11.6. The molecule has 3 rings (SSSR count). The Morgan fingerprint density at radius 3 is 2.70 bits per heavy atom. The quantitative estimate of drug-likeness (QED) is 0.844. The van der Waals surface area contributed by atoms with E-state index in [0.29, 0.717) is 13.2 Å². The number of hydrogen-bond donors (Lipinski definition) is 0. The number of Topliss-reactive ketones (excluding diaryl/α,β-unsaturated/α-hetero) is 1. The maximum absolute atomic E-state index is 12.5. The molecule has 1 saturated heterocycles. The molecule has 4 nitrogen and oxygen atoms in total. The number of ketones is 1. The number of hydrogen-bond acceptors (Lipinski definition) is 4. The monoisotopic (exact) mass is 272 g/mol. The summed E-state index contributed by atoms with van der Waals surface area (Å²) in [7, 11) is 0. The van der Waals surface area contributed by atoms with Crippen LogP contribution in [-0.4, -0.2) is 42.8 Å². The molecule has 1 aromatic carbocycles. The highest BCUT2D eigenvalue weighted by Crippen LogP contribution is 2.25. The van der Waals surface area contributed by atoms with E-state index >= 15 is 0 Å². The van der Waals surface area contributed by atoms with Crippen LogP contribution in [0.5, 0.6) is 0 Å². The largest absolute Gasteiger partial charge is 0.355 e. The lowest BCUT2D eigenvalue weighted by molar-refractivity contribution is -0.135. The van der Waals surface area contributed by atoms with Crippen LogP contribution in [0.2, 0.25) is 0 Å². The highest BCUT2D eigenvalue weighted by Gasteiger charge is 2.31. The number of nitrogens with zero attached hydrogens (tertiary/aromatic N) is 2. The Balaban J connectivity index is 1.63. The van der Waals surface area contributed by atoms with Gasteiger partial charge in [-0.15, -0.1) is 0 Å². The second kappa shape index (κ2) is 6.29. The van der Waals surface area contributed by atoms with Crippen LogP contribution in [-0.2, 0) is 9.53 Å². The molecule has 2 atom stereocenters. The second-order valence-electron chi connectivity index (χ2n) is 5.39. The highest BCUT2D eigenvalue weighted by atomic mass is 16.5. The Kier molecular flexibility index (Phi) is 4.23.